The maximum atomic E-state index is 4.49. The standard InChI is InChI=1S/C11H16N2/c1-11(2)5-7-12-8-9-4-3-6-13-10(9)11/h3-4,6,12H,5,7-8H2,1-2H3. The van der Waals surface area contributed by atoms with Gasteiger partial charge in [-0.05, 0) is 24.6 Å². The summed E-state index contributed by atoms with van der Waals surface area (Å²) in [4.78, 5) is 4.49. The number of aromatic nitrogens is 1. The average Bonchev–Trinajstić information content (AvgIpc) is 2.26. The molecule has 2 heteroatoms. The van der Waals surface area contributed by atoms with Gasteiger partial charge in [0.05, 0.1) is 5.69 Å². The molecule has 2 heterocycles. The van der Waals surface area contributed by atoms with Gasteiger partial charge in [-0.15, -0.1) is 0 Å². The van der Waals surface area contributed by atoms with Crippen molar-refractivity contribution in [2.45, 2.75) is 32.2 Å². The van der Waals surface area contributed by atoms with Crippen molar-refractivity contribution in [1.29, 1.82) is 0 Å². The molecule has 0 spiro atoms. The van der Waals surface area contributed by atoms with E-state index in [-0.39, 0.29) is 5.41 Å². The molecule has 0 saturated carbocycles. The van der Waals surface area contributed by atoms with Gasteiger partial charge in [0.15, 0.2) is 0 Å². The Labute approximate surface area is 79.4 Å². The van der Waals surface area contributed by atoms with Crippen LogP contribution in [0.15, 0.2) is 18.3 Å². The van der Waals surface area contributed by atoms with Crippen LogP contribution in [0.3, 0.4) is 0 Å². The smallest absolute Gasteiger partial charge is 0.0505 e. The predicted molar refractivity (Wildman–Crippen MR) is 53.6 cm³/mol. The number of pyridine rings is 1. The van der Waals surface area contributed by atoms with Crippen LogP contribution in [0.4, 0.5) is 0 Å². The Kier molecular flexibility index (Phi) is 2.08. The van der Waals surface area contributed by atoms with Crippen molar-refractivity contribution in [1.82, 2.24) is 10.3 Å². The summed E-state index contributed by atoms with van der Waals surface area (Å²) in [5, 5.41) is 3.42. The van der Waals surface area contributed by atoms with E-state index in [0.29, 0.717) is 0 Å². The van der Waals surface area contributed by atoms with E-state index in [1.807, 2.05) is 12.3 Å². The highest BCUT2D eigenvalue weighted by Crippen LogP contribution is 2.29. The van der Waals surface area contributed by atoms with Crippen LogP contribution < -0.4 is 5.32 Å². The Morgan fingerprint density at radius 3 is 3.15 bits per heavy atom. The highest BCUT2D eigenvalue weighted by molar-refractivity contribution is 5.27. The molecule has 0 aromatic carbocycles. The zero-order chi connectivity index (χ0) is 9.31. The lowest BCUT2D eigenvalue weighted by Crippen LogP contribution is -2.21. The molecule has 2 nitrogen and oxygen atoms in total. The number of nitrogens with one attached hydrogen (secondary N) is 1. The summed E-state index contributed by atoms with van der Waals surface area (Å²) in [6.45, 7) is 6.59. The Balaban J connectivity index is 2.48. The molecule has 1 N–H and O–H groups in total. The molecule has 0 bridgehead atoms. The van der Waals surface area contributed by atoms with Crippen LogP contribution in [-0.2, 0) is 12.0 Å². The zero-order valence-electron chi connectivity index (χ0n) is 8.30. The van der Waals surface area contributed by atoms with Gasteiger partial charge in [0, 0.05) is 18.2 Å². The van der Waals surface area contributed by atoms with Crippen LogP contribution in [-0.4, -0.2) is 11.5 Å². The van der Waals surface area contributed by atoms with Gasteiger partial charge in [0.2, 0.25) is 0 Å². The number of rotatable bonds is 0. The highest BCUT2D eigenvalue weighted by Gasteiger charge is 2.26. The molecule has 1 aromatic heterocycles. The lowest BCUT2D eigenvalue weighted by atomic mass is 9.84. The molecule has 13 heavy (non-hydrogen) atoms. The minimum absolute atomic E-state index is 0.222. The number of hydrogen-bond donors (Lipinski definition) is 1. The SMILES string of the molecule is CC1(C)CCNCc2cccnc21. The number of hydrogen-bond acceptors (Lipinski definition) is 2. The number of fused-ring (bicyclic) bond motifs is 1. The third-order valence-electron chi connectivity index (χ3n) is 2.77. The minimum Gasteiger partial charge on any atom is -0.313 e. The molecular weight excluding hydrogens is 160 g/mol. The van der Waals surface area contributed by atoms with Crippen LogP contribution in [0.25, 0.3) is 0 Å². The van der Waals surface area contributed by atoms with E-state index < -0.39 is 0 Å². The molecule has 70 valence electrons. The van der Waals surface area contributed by atoms with E-state index >= 15 is 0 Å². The summed E-state index contributed by atoms with van der Waals surface area (Å²) in [6, 6.07) is 4.18. The second kappa shape index (κ2) is 3.11. The Bertz CT molecular complexity index is 305. The first-order chi connectivity index (χ1) is 6.20. The van der Waals surface area contributed by atoms with Crippen LogP contribution in [0.5, 0.6) is 0 Å². The van der Waals surface area contributed by atoms with Crippen LogP contribution in [0, 0.1) is 0 Å². The van der Waals surface area contributed by atoms with E-state index in [1.165, 1.54) is 11.3 Å². The summed E-state index contributed by atoms with van der Waals surface area (Å²) in [5.74, 6) is 0. The van der Waals surface area contributed by atoms with E-state index in [0.717, 1.165) is 19.5 Å². The molecule has 1 aromatic rings. The second-order valence-electron chi connectivity index (χ2n) is 4.32. The van der Waals surface area contributed by atoms with Gasteiger partial charge in [-0.25, -0.2) is 0 Å². The first kappa shape index (κ1) is 8.70. The molecule has 0 radical (unpaired) electrons. The van der Waals surface area contributed by atoms with Crippen molar-refractivity contribution in [3.8, 4) is 0 Å². The average molecular weight is 176 g/mol. The van der Waals surface area contributed by atoms with E-state index in [9.17, 15) is 0 Å². The van der Waals surface area contributed by atoms with Crippen molar-refractivity contribution >= 4 is 0 Å². The van der Waals surface area contributed by atoms with Crippen molar-refractivity contribution in [2.24, 2.45) is 0 Å². The van der Waals surface area contributed by atoms with E-state index in [2.05, 4.69) is 30.2 Å². The third kappa shape index (κ3) is 1.59. The van der Waals surface area contributed by atoms with Crippen molar-refractivity contribution in [3.63, 3.8) is 0 Å². The van der Waals surface area contributed by atoms with Crippen molar-refractivity contribution < 1.29 is 0 Å². The Morgan fingerprint density at radius 1 is 1.46 bits per heavy atom. The van der Waals surface area contributed by atoms with Crippen molar-refractivity contribution in [3.05, 3.63) is 29.6 Å². The summed E-state index contributed by atoms with van der Waals surface area (Å²) in [5.41, 5.74) is 2.84. The van der Waals surface area contributed by atoms with Gasteiger partial charge in [-0.3, -0.25) is 4.98 Å². The van der Waals surface area contributed by atoms with Crippen LogP contribution in [0.1, 0.15) is 31.5 Å². The predicted octanol–water partition coefficient (Wildman–Crippen LogP) is 1.85. The minimum atomic E-state index is 0.222. The summed E-state index contributed by atoms with van der Waals surface area (Å²) in [6.07, 6.45) is 3.06. The summed E-state index contributed by atoms with van der Waals surface area (Å²) < 4.78 is 0. The van der Waals surface area contributed by atoms with Crippen LogP contribution >= 0.6 is 0 Å². The molecule has 1 aliphatic rings. The van der Waals surface area contributed by atoms with E-state index in [4.69, 9.17) is 0 Å². The van der Waals surface area contributed by atoms with Gasteiger partial charge in [0.1, 0.15) is 0 Å². The summed E-state index contributed by atoms with van der Waals surface area (Å²) >= 11 is 0. The third-order valence-corrected chi connectivity index (χ3v) is 2.77. The Morgan fingerprint density at radius 2 is 2.31 bits per heavy atom. The molecule has 0 amide bonds. The van der Waals surface area contributed by atoms with Crippen molar-refractivity contribution in [2.75, 3.05) is 6.54 Å². The molecule has 0 fully saturated rings. The van der Waals surface area contributed by atoms with Gasteiger partial charge in [-0.2, -0.15) is 0 Å². The fraction of sp³-hybridized carbons (Fsp3) is 0.545. The van der Waals surface area contributed by atoms with E-state index in [1.54, 1.807) is 0 Å². The lowest BCUT2D eigenvalue weighted by Gasteiger charge is -2.23. The zero-order valence-corrected chi connectivity index (χ0v) is 8.30. The molecular formula is C11H16N2. The monoisotopic (exact) mass is 176 g/mol. The normalized spacial score (nSPS) is 20.5. The Hall–Kier alpha value is -0.890. The van der Waals surface area contributed by atoms with Gasteiger partial charge in [0.25, 0.3) is 0 Å². The quantitative estimate of drug-likeness (QED) is 0.652. The molecule has 0 unspecified atom stereocenters. The van der Waals surface area contributed by atoms with Gasteiger partial charge in [-0.1, -0.05) is 19.9 Å². The molecule has 0 aliphatic carbocycles. The maximum Gasteiger partial charge on any atom is 0.0505 e. The highest BCUT2D eigenvalue weighted by atomic mass is 14.9. The molecule has 2 rings (SSSR count). The maximum absolute atomic E-state index is 4.49. The van der Waals surface area contributed by atoms with Gasteiger partial charge >= 0.3 is 0 Å². The fourth-order valence-corrected chi connectivity index (χ4v) is 1.93. The summed E-state index contributed by atoms with van der Waals surface area (Å²) in [7, 11) is 0. The molecule has 0 saturated heterocycles. The number of nitrogens with zero attached hydrogens (tertiary/aromatic N) is 1. The fourth-order valence-electron chi connectivity index (χ4n) is 1.93. The first-order valence-electron chi connectivity index (χ1n) is 4.85. The molecule has 0 atom stereocenters. The first-order valence-corrected chi connectivity index (χ1v) is 4.85. The van der Waals surface area contributed by atoms with Crippen LogP contribution in [0.2, 0.25) is 0 Å². The topological polar surface area (TPSA) is 24.9 Å². The second-order valence-corrected chi connectivity index (χ2v) is 4.32. The largest absolute Gasteiger partial charge is 0.313 e. The van der Waals surface area contributed by atoms with Gasteiger partial charge < -0.3 is 5.32 Å². The molecule has 1 aliphatic heterocycles. The lowest BCUT2D eigenvalue weighted by molar-refractivity contribution is 0.466.